The van der Waals surface area contributed by atoms with Gasteiger partial charge in [-0.05, 0) is 23.8 Å². The fourth-order valence-corrected chi connectivity index (χ4v) is 2.42. The first-order valence-corrected chi connectivity index (χ1v) is 8.36. The van der Waals surface area contributed by atoms with Crippen LogP contribution in [0, 0.1) is 0 Å². The average Bonchev–Trinajstić information content (AvgIpc) is 3.00. The van der Waals surface area contributed by atoms with Crippen molar-refractivity contribution in [1.82, 2.24) is 0 Å². The maximum atomic E-state index is 12.4. The summed E-state index contributed by atoms with van der Waals surface area (Å²) in [6, 6.07) is 14.6. The van der Waals surface area contributed by atoms with E-state index in [0.717, 1.165) is 5.56 Å². The van der Waals surface area contributed by atoms with E-state index in [9.17, 15) is 9.59 Å². The van der Waals surface area contributed by atoms with Crippen molar-refractivity contribution in [3.63, 3.8) is 0 Å². The molecule has 0 saturated carbocycles. The highest BCUT2D eigenvalue weighted by Crippen LogP contribution is 2.34. The van der Waals surface area contributed by atoms with Gasteiger partial charge in [0.1, 0.15) is 18.1 Å². The summed E-state index contributed by atoms with van der Waals surface area (Å²) < 4.78 is 15.8. The van der Waals surface area contributed by atoms with Crippen molar-refractivity contribution in [1.29, 1.82) is 0 Å². The van der Waals surface area contributed by atoms with Gasteiger partial charge in [-0.15, -0.1) is 0 Å². The molecule has 5 nitrogen and oxygen atoms in total. The standard InChI is InChI=1S/C22H18O5/c1-2-13-25-21(23)15-26-17-11-12-18-20(14-17)27-19(22(18)24)10-6-9-16-7-4-3-5-8-16/h2-12,14H,1,13,15H2. The Kier molecular flexibility index (Phi) is 5.84. The Morgan fingerprint density at radius 1 is 1.15 bits per heavy atom. The predicted octanol–water partition coefficient (Wildman–Crippen LogP) is 3.97. The van der Waals surface area contributed by atoms with Crippen LogP contribution < -0.4 is 9.47 Å². The number of allylic oxidation sites excluding steroid dienone is 3. The van der Waals surface area contributed by atoms with Crippen molar-refractivity contribution >= 4 is 17.8 Å². The summed E-state index contributed by atoms with van der Waals surface area (Å²) in [5.41, 5.74) is 1.48. The molecule has 0 fully saturated rings. The van der Waals surface area contributed by atoms with E-state index in [1.165, 1.54) is 6.08 Å². The minimum atomic E-state index is -0.501. The Bertz CT molecular complexity index is 910. The molecule has 0 saturated heterocycles. The number of benzene rings is 2. The normalized spacial score (nSPS) is 14.1. The van der Waals surface area contributed by atoms with Gasteiger partial charge < -0.3 is 14.2 Å². The van der Waals surface area contributed by atoms with Gasteiger partial charge in [-0.1, -0.05) is 55.1 Å². The minimum absolute atomic E-state index is 0.134. The Labute approximate surface area is 157 Å². The van der Waals surface area contributed by atoms with Crippen LogP contribution >= 0.6 is 0 Å². The number of carbonyl (C=O) groups excluding carboxylic acids is 2. The lowest BCUT2D eigenvalue weighted by Gasteiger charge is -2.06. The second-order valence-electron chi connectivity index (χ2n) is 5.65. The second kappa shape index (κ2) is 8.67. The number of ketones is 1. The number of carbonyl (C=O) groups is 2. The number of ether oxygens (including phenoxy) is 3. The molecule has 0 bridgehead atoms. The molecule has 5 heteroatoms. The average molecular weight is 362 g/mol. The Balaban J connectivity index is 1.64. The number of esters is 1. The molecule has 0 aromatic heterocycles. The van der Waals surface area contributed by atoms with Crippen molar-refractivity contribution in [2.45, 2.75) is 0 Å². The van der Waals surface area contributed by atoms with E-state index in [4.69, 9.17) is 14.2 Å². The predicted molar refractivity (Wildman–Crippen MR) is 102 cm³/mol. The van der Waals surface area contributed by atoms with Crippen molar-refractivity contribution in [2.24, 2.45) is 0 Å². The van der Waals surface area contributed by atoms with E-state index in [1.807, 2.05) is 36.4 Å². The minimum Gasteiger partial charge on any atom is -0.482 e. The molecule has 0 atom stereocenters. The molecule has 0 radical (unpaired) electrons. The number of hydrogen-bond donors (Lipinski definition) is 0. The molecule has 1 aliphatic rings. The topological polar surface area (TPSA) is 61.8 Å². The number of Topliss-reactive ketones (excluding diaryl/α,β-unsaturated/α-hetero) is 1. The van der Waals surface area contributed by atoms with Crippen LogP contribution in [0.15, 0.2) is 79.1 Å². The van der Waals surface area contributed by atoms with Gasteiger partial charge in [-0.25, -0.2) is 4.79 Å². The Morgan fingerprint density at radius 2 is 1.96 bits per heavy atom. The largest absolute Gasteiger partial charge is 0.482 e. The molecule has 2 aromatic carbocycles. The quantitative estimate of drug-likeness (QED) is 0.424. The van der Waals surface area contributed by atoms with E-state index in [2.05, 4.69) is 6.58 Å². The van der Waals surface area contributed by atoms with Gasteiger partial charge in [0.25, 0.3) is 0 Å². The van der Waals surface area contributed by atoms with Crippen molar-refractivity contribution in [2.75, 3.05) is 13.2 Å². The summed E-state index contributed by atoms with van der Waals surface area (Å²) in [4.78, 5) is 23.8. The monoisotopic (exact) mass is 362 g/mol. The SMILES string of the molecule is C=CCOC(=O)COc1ccc2c(c1)OC(=CC=Cc1ccccc1)C2=O. The van der Waals surface area contributed by atoms with E-state index in [-0.39, 0.29) is 24.8 Å². The summed E-state index contributed by atoms with van der Waals surface area (Å²) in [5.74, 6) is 0.355. The van der Waals surface area contributed by atoms with Gasteiger partial charge in [0.15, 0.2) is 12.4 Å². The lowest BCUT2D eigenvalue weighted by atomic mass is 10.1. The van der Waals surface area contributed by atoms with E-state index in [0.29, 0.717) is 17.1 Å². The molecule has 0 N–H and O–H groups in total. The van der Waals surface area contributed by atoms with Gasteiger partial charge in [0, 0.05) is 6.07 Å². The third-order valence-corrected chi connectivity index (χ3v) is 3.70. The fraction of sp³-hybridized carbons (Fsp3) is 0.0909. The van der Waals surface area contributed by atoms with Crippen LogP contribution in [0.3, 0.4) is 0 Å². The van der Waals surface area contributed by atoms with Gasteiger partial charge >= 0.3 is 5.97 Å². The number of hydrogen-bond acceptors (Lipinski definition) is 5. The first kappa shape index (κ1) is 18.2. The molecule has 0 spiro atoms. The maximum Gasteiger partial charge on any atom is 0.344 e. The first-order chi connectivity index (χ1) is 13.2. The zero-order chi connectivity index (χ0) is 19.1. The van der Waals surface area contributed by atoms with Crippen LogP contribution in [0.1, 0.15) is 15.9 Å². The molecule has 3 rings (SSSR count). The number of fused-ring (bicyclic) bond motifs is 1. The lowest BCUT2D eigenvalue weighted by molar-refractivity contribution is -0.144. The van der Waals surface area contributed by atoms with Crippen LogP contribution in [-0.4, -0.2) is 25.0 Å². The van der Waals surface area contributed by atoms with Gasteiger partial charge in [0.2, 0.25) is 5.78 Å². The zero-order valence-corrected chi connectivity index (χ0v) is 14.6. The van der Waals surface area contributed by atoms with E-state index >= 15 is 0 Å². The first-order valence-electron chi connectivity index (χ1n) is 8.36. The number of rotatable bonds is 7. The Morgan fingerprint density at radius 3 is 2.74 bits per heavy atom. The maximum absolute atomic E-state index is 12.4. The van der Waals surface area contributed by atoms with Crippen molar-refractivity contribution in [3.8, 4) is 11.5 Å². The van der Waals surface area contributed by atoms with Crippen LogP contribution in [0.2, 0.25) is 0 Å². The molecule has 136 valence electrons. The highest BCUT2D eigenvalue weighted by atomic mass is 16.6. The molecule has 2 aromatic rings. The lowest BCUT2D eigenvalue weighted by Crippen LogP contribution is -2.14. The zero-order valence-electron chi connectivity index (χ0n) is 14.6. The molecule has 1 heterocycles. The summed E-state index contributed by atoms with van der Waals surface area (Å²) in [6.45, 7) is 3.37. The smallest absolute Gasteiger partial charge is 0.344 e. The van der Waals surface area contributed by atoms with Crippen LogP contribution in [0.4, 0.5) is 0 Å². The van der Waals surface area contributed by atoms with E-state index in [1.54, 1.807) is 30.4 Å². The summed E-state index contributed by atoms with van der Waals surface area (Å²) in [6.07, 6.45) is 6.76. The second-order valence-corrected chi connectivity index (χ2v) is 5.65. The third-order valence-electron chi connectivity index (χ3n) is 3.70. The van der Waals surface area contributed by atoms with Gasteiger partial charge in [-0.2, -0.15) is 0 Å². The van der Waals surface area contributed by atoms with Crippen molar-refractivity contribution < 1.29 is 23.8 Å². The summed E-state index contributed by atoms with van der Waals surface area (Å²) >= 11 is 0. The van der Waals surface area contributed by atoms with Crippen molar-refractivity contribution in [3.05, 3.63) is 90.2 Å². The highest BCUT2D eigenvalue weighted by molar-refractivity contribution is 6.12. The summed E-state index contributed by atoms with van der Waals surface area (Å²) in [5, 5.41) is 0. The molecule has 0 unspecified atom stereocenters. The van der Waals surface area contributed by atoms with Crippen LogP contribution in [0.5, 0.6) is 11.5 Å². The van der Waals surface area contributed by atoms with Crippen LogP contribution in [-0.2, 0) is 9.53 Å². The molecule has 1 aliphatic heterocycles. The molecular weight excluding hydrogens is 344 g/mol. The van der Waals surface area contributed by atoms with Crippen LogP contribution in [0.25, 0.3) is 6.08 Å². The highest BCUT2D eigenvalue weighted by Gasteiger charge is 2.27. The molecular formula is C22H18O5. The molecule has 0 amide bonds. The third kappa shape index (κ3) is 4.73. The van der Waals surface area contributed by atoms with Gasteiger partial charge in [-0.3, -0.25) is 4.79 Å². The Hall–Kier alpha value is -3.60. The van der Waals surface area contributed by atoms with Gasteiger partial charge in [0.05, 0.1) is 5.56 Å². The molecule has 27 heavy (non-hydrogen) atoms. The fourth-order valence-electron chi connectivity index (χ4n) is 2.42. The summed E-state index contributed by atoms with van der Waals surface area (Å²) in [7, 11) is 0. The van der Waals surface area contributed by atoms with E-state index < -0.39 is 5.97 Å². The molecule has 0 aliphatic carbocycles.